The molecule has 4 aromatic rings. The van der Waals surface area contributed by atoms with Crippen molar-refractivity contribution in [2.24, 2.45) is 0 Å². The summed E-state index contributed by atoms with van der Waals surface area (Å²) < 4.78 is 62.4. The molecule has 37 heavy (non-hydrogen) atoms. The fraction of sp³-hybridized carbons (Fsp3) is 0.214. The molecule has 6 nitrogen and oxygen atoms in total. The SMILES string of the molecule is CCc1ccc(Oc2c(C(F)(F)F)oc3cc(OC(=O)COc4cc(C)cc(C)c4)ccc3c2=O)cc1. The van der Waals surface area contributed by atoms with Crippen LogP contribution in [0.3, 0.4) is 0 Å². The Labute approximate surface area is 210 Å². The first-order valence-corrected chi connectivity index (χ1v) is 11.4. The topological polar surface area (TPSA) is 75.0 Å². The molecule has 0 saturated carbocycles. The van der Waals surface area contributed by atoms with Gasteiger partial charge in [-0.25, -0.2) is 4.79 Å². The monoisotopic (exact) mass is 512 g/mol. The molecule has 1 aromatic heterocycles. The van der Waals surface area contributed by atoms with Crippen LogP contribution in [0.15, 0.2) is 69.9 Å². The number of alkyl halides is 3. The zero-order valence-electron chi connectivity index (χ0n) is 20.3. The molecule has 0 bridgehead atoms. The van der Waals surface area contributed by atoms with Gasteiger partial charge in [0.1, 0.15) is 22.8 Å². The van der Waals surface area contributed by atoms with Crippen LogP contribution in [0.5, 0.6) is 23.0 Å². The maximum absolute atomic E-state index is 13.8. The third kappa shape index (κ3) is 6.11. The third-order valence-corrected chi connectivity index (χ3v) is 5.41. The third-order valence-electron chi connectivity index (χ3n) is 5.41. The van der Waals surface area contributed by atoms with E-state index in [0.717, 1.165) is 29.2 Å². The van der Waals surface area contributed by atoms with E-state index in [2.05, 4.69) is 0 Å². The smallest absolute Gasteiger partial charge is 0.453 e. The molecule has 0 aliphatic rings. The number of esters is 1. The number of hydrogen-bond acceptors (Lipinski definition) is 6. The molecule has 0 aliphatic carbocycles. The van der Waals surface area contributed by atoms with Crippen molar-refractivity contribution in [1.29, 1.82) is 0 Å². The molecule has 1 heterocycles. The van der Waals surface area contributed by atoms with Crippen molar-refractivity contribution in [3.05, 3.63) is 93.3 Å². The summed E-state index contributed by atoms with van der Waals surface area (Å²) in [4.78, 5) is 25.2. The van der Waals surface area contributed by atoms with Crippen molar-refractivity contribution >= 4 is 16.9 Å². The first-order valence-electron chi connectivity index (χ1n) is 11.4. The van der Waals surface area contributed by atoms with Crippen molar-refractivity contribution in [3.63, 3.8) is 0 Å². The number of benzene rings is 3. The molecule has 0 aliphatic heterocycles. The van der Waals surface area contributed by atoms with Crippen LogP contribution in [0, 0.1) is 13.8 Å². The summed E-state index contributed by atoms with van der Waals surface area (Å²) >= 11 is 0. The lowest BCUT2D eigenvalue weighted by Crippen LogP contribution is -2.18. The van der Waals surface area contributed by atoms with Gasteiger partial charge >= 0.3 is 12.1 Å². The average molecular weight is 512 g/mol. The van der Waals surface area contributed by atoms with Crippen LogP contribution < -0.4 is 19.6 Å². The van der Waals surface area contributed by atoms with Crippen molar-refractivity contribution in [2.75, 3.05) is 6.61 Å². The van der Waals surface area contributed by atoms with E-state index in [1.807, 2.05) is 26.8 Å². The summed E-state index contributed by atoms with van der Waals surface area (Å²) in [6.07, 6.45) is -4.28. The number of fused-ring (bicyclic) bond motifs is 1. The maximum atomic E-state index is 13.8. The number of carbonyl (C=O) groups is 1. The molecule has 9 heteroatoms. The van der Waals surface area contributed by atoms with E-state index in [-0.39, 0.29) is 16.9 Å². The molecule has 3 aromatic carbocycles. The Morgan fingerprint density at radius 3 is 2.16 bits per heavy atom. The summed E-state index contributed by atoms with van der Waals surface area (Å²) in [5.41, 5.74) is 1.44. The highest BCUT2D eigenvalue weighted by molar-refractivity contribution is 5.81. The Morgan fingerprint density at radius 1 is 0.892 bits per heavy atom. The van der Waals surface area contributed by atoms with Gasteiger partial charge in [0.15, 0.2) is 6.61 Å². The second kappa shape index (κ2) is 10.4. The molecule has 192 valence electrons. The van der Waals surface area contributed by atoms with Crippen LogP contribution in [0.4, 0.5) is 13.2 Å². The fourth-order valence-electron chi connectivity index (χ4n) is 3.73. The molecule has 4 rings (SSSR count). The van der Waals surface area contributed by atoms with Gasteiger partial charge in [-0.3, -0.25) is 4.79 Å². The van der Waals surface area contributed by atoms with Gasteiger partial charge in [-0.2, -0.15) is 13.2 Å². The van der Waals surface area contributed by atoms with E-state index in [1.54, 1.807) is 24.3 Å². The molecule has 0 amide bonds. The normalized spacial score (nSPS) is 11.4. The maximum Gasteiger partial charge on any atom is 0.453 e. The number of halogens is 3. The second-order valence-electron chi connectivity index (χ2n) is 8.43. The minimum atomic E-state index is -5.02. The zero-order chi connectivity index (χ0) is 26.7. The van der Waals surface area contributed by atoms with Gasteiger partial charge in [-0.05, 0) is 73.4 Å². The van der Waals surface area contributed by atoms with E-state index in [9.17, 15) is 22.8 Å². The van der Waals surface area contributed by atoms with Crippen molar-refractivity contribution in [3.8, 4) is 23.0 Å². The highest BCUT2D eigenvalue weighted by atomic mass is 19.4. The van der Waals surface area contributed by atoms with Gasteiger partial charge < -0.3 is 18.6 Å². The molecular weight excluding hydrogens is 489 g/mol. The van der Waals surface area contributed by atoms with Gasteiger partial charge in [0.05, 0.1) is 5.39 Å². The Morgan fingerprint density at radius 2 is 1.54 bits per heavy atom. The first-order chi connectivity index (χ1) is 17.5. The van der Waals surface area contributed by atoms with Crippen LogP contribution in [-0.4, -0.2) is 12.6 Å². The highest BCUT2D eigenvalue weighted by Crippen LogP contribution is 2.38. The van der Waals surface area contributed by atoms with Crippen molar-refractivity contribution in [1.82, 2.24) is 0 Å². The Kier molecular flexibility index (Phi) is 7.24. The van der Waals surface area contributed by atoms with Gasteiger partial charge in [-0.15, -0.1) is 0 Å². The van der Waals surface area contributed by atoms with Crippen LogP contribution in [0.2, 0.25) is 0 Å². The van der Waals surface area contributed by atoms with Crippen molar-refractivity contribution < 1.29 is 36.6 Å². The lowest BCUT2D eigenvalue weighted by atomic mass is 10.1. The Bertz CT molecular complexity index is 1480. The van der Waals surface area contributed by atoms with Crippen molar-refractivity contribution in [2.45, 2.75) is 33.4 Å². The molecule has 0 unspecified atom stereocenters. The summed E-state index contributed by atoms with van der Waals surface area (Å²) in [6.45, 7) is 5.27. The van der Waals surface area contributed by atoms with Crippen LogP contribution >= 0.6 is 0 Å². The highest BCUT2D eigenvalue weighted by Gasteiger charge is 2.40. The molecule has 0 saturated heterocycles. The molecule has 0 N–H and O–H groups in total. The van der Waals surface area contributed by atoms with E-state index >= 15 is 0 Å². The van der Waals surface area contributed by atoms with Gasteiger partial charge in [-0.1, -0.05) is 25.1 Å². The van der Waals surface area contributed by atoms with Gasteiger partial charge in [0.2, 0.25) is 11.2 Å². The minimum absolute atomic E-state index is 0.0590. The largest absolute Gasteiger partial charge is 0.482 e. The second-order valence-corrected chi connectivity index (χ2v) is 8.43. The van der Waals surface area contributed by atoms with E-state index in [1.165, 1.54) is 24.3 Å². The Hall–Kier alpha value is -4.27. The quantitative estimate of drug-likeness (QED) is 0.201. The number of ether oxygens (including phenoxy) is 3. The lowest BCUT2D eigenvalue weighted by Gasteiger charge is -2.14. The van der Waals surface area contributed by atoms with Gasteiger partial charge in [0.25, 0.3) is 5.76 Å². The van der Waals surface area contributed by atoms with Crippen LogP contribution in [0.1, 0.15) is 29.4 Å². The van der Waals surface area contributed by atoms with E-state index in [0.29, 0.717) is 5.75 Å². The number of hydrogen-bond donors (Lipinski definition) is 0. The van der Waals surface area contributed by atoms with Gasteiger partial charge in [0, 0.05) is 6.07 Å². The van der Waals surface area contributed by atoms with E-state index < -0.39 is 41.3 Å². The Balaban J connectivity index is 1.59. The summed E-state index contributed by atoms with van der Waals surface area (Å²) in [6, 6.07) is 15.3. The molecule has 0 radical (unpaired) electrons. The zero-order valence-corrected chi connectivity index (χ0v) is 20.3. The molecule has 0 atom stereocenters. The standard InChI is InChI=1S/C28H23F3O6/c1-4-18-5-7-19(8-6-18)36-26-25(33)22-10-9-20(14-23(22)37-27(26)28(29,30)31)35-24(32)15-34-21-12-16(2)11-17(3)13-21/h5-14H,4,15H2,1-3H3. The van der Waals surface area contributed by atoms with Crippen LogP contribution in [0.25, 0.3) is 11.0 Å². The number of aryl methyl sites for hydroxylation is 3. The summed E-state index contributed by atoms with van der Waals surface area (Å²) in [5, 5.41) is -0.167. The lowest BCUT2D eigenvalue weighted by molar-refractivity contribution is -0.154. The van der Waals surface area contributed by atoms with E-state index in [4.69, 9.17) is 18.6 Å². The fourth-order valence-corrected chi connectivity index (χ4v) is 3.73. The number of rotatable bonds is 7. The predicted octanol–water partition coefficient (Wildman–Crippen LogP) is 6.77. The summed E-state index contributed by atoms with van der Waals surface area (Å²) in [7, 11) is 0. The molecule has 0 spiro atoms. The predicted molar refractivity (Wildman–Crippen MR) is 130 cm³/mol. The molecular formula is C28H23F3O6. The summed E-state index contributed by atoms with van der Waals surface area (Å²) in [5.74, 6) is -2.93. The molecule has 0 fully saturated rings. The van der Waals surface area contributed by atoms with Crippen LogP contribution in [-0.2, 0) is 17.4 Å². The average Bonchev–Trinajstić information content (AvgIpc) is 2.83. The minimum Gasteiger partial charge on any atom is -0.482 e. The number of carbonyl (C=O) groups excluding carboxylic acids is 1. The first kappa shape index (κ1) is 25.8.